The van der Waals surface area contributed by atoms with Gasteiger partial charge in [-0.15, -0.1) is 0 Å². The second kappa shape index (κ2) is 5.75. The lowest BCUT2D eigenvalue weighted by Crippen LogP contribution is -2.15. The first-order chi connectivity index (χ1) is 4.66. The highest BCUT2D eigenvalue weighted by molar-refractivity contribution is 7.74. The minimum atomic E-state index is -2.28. The van der Waals surface area contributed by atoms with Gasteiger partial charge in [-0.05, 0) is 0 Å². The third-order valence-electron chi connectivity index (χ3n) is 0.846. The van der Waals surface area contributed by atoms with E-state index in [1.807, 2.05) is 0 Å². The number of hydrogen-bond donors (Lipinski definition) is 3. The van der Waals surface area contributed by atoms with Gasteiger partial charge in [0.25, 0.3) is 0 Å². The Labute approximate surface area is 61.1 Å². The van der Waals surface area contributed by atoms with Gasteiger partial charge in [-0.3, -0.25) is 8.74 Å². The highest BCUT2D eigenvalue weighted by Gasteiger charge is 2.01. The van der Waals surface area contributed by atoms with Crippen molar-refractivity contribution in [2.24, 2.45) is 0 Å². The van der Waals surface area contributed by atoms with Crippen molar-refractivity contribution in [2.75, 3.05) is 13.2 Å². The Hall–Kier alpha value is -0.0100. The summed E-state index contributed by atoms with van der Waals surface area (Å²) in [5.74, 6) is 0. The van der Waals surface area contributed by atoms with E-state index in [1.54, 1.807) is 0 Å². The molecule has 5 nitrogen and oxygen atoms in total. The van der Waals surface area contributed by atoms with Crippen LogP contribution in [-0.4, -0.2) is 38.3 Å². The van der Waals surface area contributed by atoms with E-state index >= 15 is 0 Å². The number of aliphatic hydroxyl groups is 2. The van der Waals surface area contributed by atoms with E-state index in [2.05, 4.69) is 4.18 Å². The van der Waals surface area contributed by atoms with Gasteiger partial charge in [0, 0.05) is 6.42 Å². The molecule has 3 N–H and O–H groups in total. The Kier molecular flexibility index (Phi) is 5.74. The van der Waals surface area contributed by atoms with Crippen LogP contribution in [-0.2, 0) is 15.5 Å². The fraction of sp³-hybridized carbons (Fsp3) is 1.00. The highest BCUT2D eigenvalue weighted by Crippen LogP contribution is 1.91. The Balaban J connectivity index is 3.11. The molecule has 2 unspecified atom stereocenters. The fourth-order valence-corrected chi connectivity index (χ4v) is 0.586. The van der Waals surface area contributed by atoms with Crippen LogP contribution in [0.2, 0.25) is 0 Å². The summed E-state index contributed by atoms with van der Waals surface area (Å²) in [6.45, 7) is -0.397. The zero-order valence-electron chi connectivity index (χ0n) is 5.27. The zero-order valence-corrected chi connectivity index (χ0v) is 6.08. The van der Waals surface area contributed by atoms with Crippen LogP contribution in [0.1, 0.15) is 6.42 Å². The maximum absolute atomic E-state index is 9.81. The molecule has 62 valence electrons. The van der Waals surface area contributed by atoms with Crippen molar-refractivity contribution in [3.63, 3.8) is 0 Å². The molecule has 0 aliphatic rings. The monoisotopic (exact) mass is 170 g/mol. The van der Waals surface area contributed by atoms with Crippen LogP contribution in [0, 0.1) is 0 Å². The van der Waals surface area contributed by atoms with Crippen molar-refractivity contribution in [1.82, 2.24) is 0 Å². The Morgan fingerprint density at radius 2 is 2.20 bits per heavy atom. The summed E-state index contributed by atoms with van der Waals surface area (Å²) < 4.78 is 22.0. The van der Waals surface area contributed by atoms with Crippen molar-refractivity contribution in [2.45, 2.75) is 12.5 Å². The molecular formula is C4H10O5S. The van der Waals surface area contributed by atoms with Crippen molar-refractivity contribution >= 4 is 11.4 Å². The van der Waals surface area contributed by atoms with Crippen molar-refractivity contribution in [3.05, 3.63) is 0 Å². The minimum absolute atomic E-state index is 0.0369. The minimum Gasteiger partial charge on any atom is -0.394 e. The van der Waals surface area contributed by atoms with E-state index in [-0.39, 0.29) is 19.6 Å². The van der Waals surface area contributed by atoms with E-state index in [0.29, 0.717) is 0 Å². The molecule has 0 saturated carbocycles. The van der Waals surface area contributed by atoms with Crippen LogP contribution in [0.5, 0.6) is 0 Å². The van der Waals surface area contributed by atoms with E-state index < -0.39 is 17.5 Å². The van der Waals surface area contributed by atoms with E-state index in [4.69, 9.17) is 14.8 Å². The van der Waals surface area contributed by atoms with Crippen molar-refractivity contribution < 1.29 is 23.2 Å². The topological polar surface area (TPSA) is 87.0 Å². The first-order valence-electron chi connectivity index (χ1n) is 2.70. The quantitative estimate of drug-likeness (QED) is 0.455. The van der Waals surface area contributed by atoms with Gasteiger partial charge in [-0.1, -0.05) is 0 Å². The van der Waals surface area contributed by atoms with Gasteiger partial charge < -0.3 is 10.2 Å². The smallest absolute Gasteiger partial charge is 0.301 e. The van der Waals surface area contributed by atoms with Gasteiger partial charge in [0.2, 0.25) is 0 Å². The second-order valence-electron chi connectivity index (χ2n) is 1.66. The summed E-state index contributed by atoms with van der Waals surface area (Å²) in [6, 6.07) is 0. The van der Waals surface area contributed by atoms with Gasteiger partial charge in [-0.2, -0.15) is 4.21 Å². The standard InChI is InChI=1S/C4H10O5S/c5-3-4(6)1-2-9-10(7)8/h4-6H,1-3H2,(H,7,8). The zero-order chi connectivity index (χ0) is 7.98. The van der Waals surface area contributed by atoms with Crippen LogP contribution < -0.4 is 0 Å². The molecule has 0 aromatic carbocycles. The fourth-order valence-electron chi connectivity index (χ4n) is 0.347. The van der Waals surface area contributed by atoms with Crippen molar-refractivity contribution in [1.29, 1.82) is 0 Å². The molecule has 0 aliphatic heterocycles. The SMILES string of the molecule is O=S(O)OCCC(O)CO. The Morgan fingerprint density at radius 3 is 2.60 bits per heavy atom. The van der Waals surface area contributed by atoms with Crippen molar-refractivity contribution in [3.8, 4) is 0 Å². The van der Waals surface area contributed by atoms with E-state index in [9.17, 15) is 4.21 Å². The van der Waals surface area contributed by atoms with E-state index in [0.717, 1.165) is 0 Å². The molecule has 0 spiro atoms. The Morgan fingerprint density at radius 1 is 1.60 bits per heavy atom. The maximum Gasteiger partial charge on any atom is 0.301 e. The molecule has 0 fully saturated rings. The molecule has 0 radical (unpaired) electrons. The molecular weight excluding hydrogens is 160 g/mol. The number of hydrogen-bond acceptors (Lipinski definition) is 4. The lowest BCUT2D eigenvalue weighted by molar-refractivity contribution is 0.0760. The molecule has 0 saturated heterocycles. The summed E-state index contributed by atoms with van der Waals surface area (Å²) in [6.07, 6.45) is -0.716. The summed E-state index contributed by atoms with van der Waals surface area (Å²) >= 11 is -2.28. The van der Waals surface area contributed by atoms with Crippen LogP contribution in [0.15, 0.2) is 0 Å². The average Bonchev–Trinajstić information content (AvgIpc) is 1.87. The van der Waals surface area contributed by atoms with Gasteiger partial charge >= 0.3 is 11.4 Å². The molecule has 0 aliphatic carbocycles. The van der Waals surface area contributed by atoms with Gasteiger partial charge in [0.1, 0.15) is 0 Å². The number of rotatable bonds is 5. The summed E-state index contributed by atoms with van der Waals surface area (Å²) in [5.41, 5.74) is 0. The molecule has 6 heteroatoms. The lowest BCUT2D eigenvalue weighted by atomic mass is 10.3. The van der Waals surface area contributed by atoms with Gasteiger partial charge in [0.05, 0.1) is 19.3 Å². The molecule has 0 bridgehead atoms. The molecule has 0 heterocycles. The molecule has 0 amide bonds. The second-order valence-corrected chi connectivity index (χ2v) is 2.33. The predicted octanol–water partition coefficient (Wildman–Crippen LogP) is -1.12. The molecule has 0 aromatic rings. The summed E-state index contributed by atoms with van der Waals surface area (Å²) in [5, 5.41) is 16.9. The third-order valence-corrected chi connectivity index (χ3v) is 1.21. The average molecular weight is 170 g/mol. The van der Waals surface area contributed by atoms with Gasteiger partial charge in [0.15, 0.2) is 0 Å². The van der Waals surface area contributed by atoms with Crippen LogP contribution in [0.4, 0.5) is 0 Å². The molecule has 0 aromatic heterocycles. The normalized spacial score (nSPS) is 16.7. The maximum atomic E-state index is 9.81. The summed E-state index contributed by atoms with van der Waals surface area (Å²) in [4.78, 5) is 0. The third kappa shape index (κ3) is 6.12. The largest absolute Gasteiger partial charge is 0.394 e. The van der Waals surface area contributed by atoms with Gasteiger partial charge in [-0.25, -0.2) is 0 Å². The van der Waals surface area contributed by atoms with Crippen LogP contribution in [0.25, 0.3) is 0 Å². The molecule has 0 rings (SSSR count). The van der Waals surface area contributed by atoms with E-state index in [1.165, 1.54) is 0 Å². The summed E-state index contributed by atoms with van der Waals surface area (Å²) in [7, 11) is 0. The van der Waals surface area contributed by atoms with Crippen LogP contribution >= 0.6 is 0 Å². The molecule has 10 heavy (non-hydrogen) atoms. The first kappa shape index (κ1) is 9.99. The number of aliphatic hydroxyl groups excluding tert-OH is 2. The van der Waals surface area contributed by atoms with Crippen LogP contribution in [0.3, 0.4) is 0 Å². The lowest BCUT2D eigenvalue weighted by Gasteiger charge is -2.03. The first-order valence-corrected chi connectivity index (χ1v) is 3.73. The Bertz CT molecular complexity index is 106. The predicted molar refractivity (Wildman–Crippen MR) is 34.4 cm³/mol. The molecule has 2 atom stereocenters. The highest BCUT2D eigenvalue weighted by atomic mass is 32.2.